The third-order valence-corrected chi connectivity index (χ3v) is 3.91. The highest BCUT2D eigenvalue weighted by atomic mass is 32.2. The molecule has 2 heterocycles. The van der Waals surface area contributed by atoms with Gasteiger partial charge in [0.05, 0.1) is 0 Å². The quantitative estimate of drug-likeness (QED) is 0.865. The van der Waals surface area contributed by atoms with Crippen LogP contribution in [-0.4, -0.2) is 16.2 Å². The van der Waals surface area contributed by atoms with Gasteiger partial charge in [0.1, 0.15) is 5.92 Å². The number of nitrogens with zero attached hydrogens (tertiary/aromatic N) is 2. The predicted octanol–water partition coefficient (Wildman–Crippen LogP) is 3.39. The number of hydrogen-bond acceptors (Lipinski definition) is 5. The Morgan fingerprint density at radius 3 is 2.68 bits per heavy atom. The van der Waals surface area contributed by atoms with Crippen molar-refractivity contribution >= 4 is 17.6 Å². The number of oxime groups is 1. The van der Waals surface area contributed by atoms with Crippen LogP contribution in [0, 0.1) is 5.92 Å². The molecule has 22 heavy (non-hydrogen) atoms. The highest BCUT2D eigenvalue weighted by molar-refractivity contribution is 8.00. The van der Waals surface area contributed by atoms with Crippen molar-refractivity contribution in [2.24, 2.45) is 16.8 Å². The lowest BCUT2D eigenvalue weighted by Gasteiger charge is -2.21. The van der Waals surface area contributed by atoms with Crippen molar-refractivity contribution in [3.63, 3.8) is 0 Å². The lowest BCUT2D eigenvalue weighted by atomic mass is 10.1. The fourth-order valence-electron chi connectivity index (χ4n) is 2.17. The van der Waals surface area contributed by atoms with Crippen molar-refractivity contribution in [1.82, 2.24) is 4.90 Å². The van der Waals surface area contributed by atoms with Crippen LogP contribution in [0.25, 0.3) is 0 Å². The number of thioether (sulfide) groups is 1. The molecular formula is C14H12F3N3OS. The molecule has 0 aromatic heterocycles. The average molecular weight is 327 g/mol. The molecule has 0 bridgehead atoms. The third-order valence-electron chi connectivity index (χ3n) is 3.17. The number of nitrogens with two attached hydrogens (primary N) is 1. The molecular weight excluding hydrogens is 315 g/mol. The number of benzene rings is 1. The van der Waals surface area contributed by atoms with Gasteiger partial charge >= 0.3 is 5.51 Å². The summed E-state index contributed by atoms with van der Waals surface area (Å²) in [5.41, 5.74) is 2.29. The first-order chi connectivity index (χ1) is 10.4. The van der Waals surface area contributed by atoms with Crippen LogP contribution < -0.4 is 5.73 Å². The summed E-state index contributed by atoms with van der Waals surface area (Å²) in [6.45, 7) is 0.521. The summed E-state index contributed by atoms with van der Waals surface area (Å²) in [7, 11) is 0. The summed E-state index contributed by atoms with van der Waals surface area (Å²) in [5, 5.41) is 3.71. The largest absolute Gasteiger partial charge is 0.446 e. The van der Waals surface area contributed by atoms with Crippen molar-refractivity contribution < 1.29 is 18.0 Å². The predicted molar refractivity (Wildman–Crippen MR) is 77.3 cm³/mol. The Balaban J connectivity index is 1.64. The number of fused-ring (bicyclic) bond motifs is 1. The monoisotopic (exact) mass is 327 g/mol. The van der Waals surface area contributed by atoms with Gasteiger partial charge in [-0.05, 0) is 35.5 Å². The van der Waals surface area contributed by atoms with E-state index in [1.165, 1.54) is 12.1 Å². The summed E-state index contributed by atoms with van der Waals surface area (Å²) in [4.78, 5) is 7.15. The molecule has 1 atom stereocenters. The molecule has 116 valence electrons. The van der Waals surface area contributed by atoms with Gasteiger partial charge in [0.2, 0.25) is 0 Å². The zero-order chi connectivity index (χ0) is 15.7. The molecule has 1 aromatic rings. The molecule has 0 radical (unpaired) electrons. The summed E-state index contributed by atoms with van der Waals surface area (Å²) >= 11 is -0.120. The van der Waals surface area contributed by atoms with Gasteiger partial charge in [0, 0.05) is 23.8 Å². The van der Waals surface area contributed by atoms with Gasteiger partial charge in [-0.2, -0.15) is 13.2 Å². The summed E-state index contributed by atoms with van der Waals surface area (Å²) in [6.07, 6.45) is 5.51. The third kappa shape index (κ3) is 3.38. The molecule has 2 aliphatic rings. The van der Waals surface area contributed by atoms with E-state index in [0.29, 0.717) is 18.1 Å². The Hall–Kier alpha value is -2.09. The molecule has 1 unspecified atom stereocenters. The second-order valence-corrected chi connectivity index (χ2v) is 5.96. The normalized spacial score (nSPS) is 20.3. The molecule has 0 amide bonds. The van der Waals surface area contributed by atoms with E-state index in [1.54, 1.807) is 18.3 Å². The molecule has 0 saturated heterocycles. The highest BCUT2D eigenvalue weighted by Crippen LogP contribution is 2.36. The molecule has 2 aliphatic heterocycles. The van der Waals surface area contributed by atoms with E-state index in [2.05, 4.69) is 5.16 Å². The number of alkyl halides is 3. The van der Waals surface area contributed by atoms with Crippen LogP contribution in [-0.2, 0) is 11.4 Å². The molecule has 8 heteroatoms. The maximum Gasteiger partial charge on any atom is 0.446 e. The van der Waals surface area contributed by atoms with Gasteiger partial charge < -0.3 is 15.5 Å². The topological polar surface area (TPSA) is 50.9 Å². The van der Waals surface area contributed by atoms with Crippen LogP contribution in [0.5, 0.6) is 0 Å². The van der Waals surface area contributed by atoms with Crippen molar-refractivity contribution in [1.29, 1.82) is 0 Å². The Kier molecular flexibility index (Phi) is 3.78. The Bertz CT molecular complexity index is 652. The van der Waals surface area contributed by atoms with Gasteiger partial charge in [0.15, 0.2) is 11.6 Å². The van der Waals surface area contributed by atoms with Crippen molar-refractivity contribution in [2.75, 3.05) is 0 Å². The van der Waals surface area contributed by atoms with Crippen molar-refractivity contribution in [3.05, 3.63) is 54.1 Å². The molecule has 0 fully saturated rings. The standard InChI is InChI=1S/C14H12F3N3OS/c15-14(16,17)22-10-3-1-9(2-4-10)7-20-6-5-11-12(8-20)21-19-13(11)18/h1-6,8,11H,7H2,(H2,18,19). The van der Waals surface area contributed by atoms with Crippen LogP contribution in [0.2, 0.25) is 0 Å². The fourth-order valence-corrected chi connectivity index (χ4v) is 2.71. The zero-order valence-electron chi connectivity index (χ0n) is 11.2. The maximum absolute atomic E-state index is 12.3. The summed E-state index contributed by atoms with van der Waals surface area (Å²) in [5.74, 6) is 0.932. The SMILES string of the molecule is NC1=NOC2=CN(Cc3ccc(SC(F)(F)F)cc3)C=CC21. The molecule has 1 aromatic carbocycles. The number of rotatable bonds is 3. The number of hydrogen-bond donors (Lipinski definition) is 1. The van der Waals surface area contributed by atoms with Crippen LogP contribution in [0.1, 0.15) is 5.56 Å². The van der Waals surface area contributed by atoms with E-state index in [1.807, 2.05) is 17.2 Å². The van der Waals surface area contributed by atoms with E-state index in [4.69, 9.17) is 10.6 Å². The lowest BCUT2D eigenvalue weighted by molar-refractivity contribution is -0.0328. The van der Waals surface area contributed by atoms with Gasteiger partial charge in [-0.25, -0.2) is 0 Å². The van der Waals surface area contributed by atoms with E-state index >= 15 is 0 Å². The van der Waals surface area contributed by atoms with Gasteiger partial charge in [-0.1, -0.05) is 17.3 Å². The van der Waals surface area contributed by atoms with Gasteiger partial charge in [-0.3, -0.25) is 0 Å². The molecule has 4 nitrogen and oxygen atoms in total. The minimum atomic E-state index is -4.27. The smallest absolute Gasteiger partial charge is 0.384 e. The second kappa shape index (κ2) is 5.60. The molecule has 2 N–H and O–H groups in total. The second-order valence-electron chi connectivity index (χ2n) is 4.82. The number of amidine groups is 1. The Morgan fingerprint density at radius 2 is 2.00 bits per heavy atom. The summed E-state index contributed by atoms with van der Waals surface area (Å²) < 4.78 is 36.8. The van der Waals surface area contributed by atoms with Crippen LogP contribution in [0.4, 0.5) is 13.2 Å². The first-order valence-corrected chi connectivity index (χ1v) is 7.23. The lowest BCUT2D eigenvalue weighted by Crippen LogP contribution is -2.24. The molecule has 0 saturated carbocycles. The Morgan fingerprint density at radius 1 is 1.27 bits per heavy atom. The maximum atomic E-state index is 12.3. The average Bonchev–Trinajstić information content (AvgIpc) is 2.81. The number of halogens is 3. The molecule has 3 rings (SSSR count). The van der Waals surface area contributed by atoms with Crippen LogP contribution in [0.3, 0.4) is 0 Å². The van der Waals surface area contributed by atoms with E-state index < -0.39 is 5.51 Å². The molecule has 0 aliphatic carbocycles. The highest BCUT2D eigenvalue weighted by Gasteiger charge is 2.29. The van der Waals surface area contributed by atoms with Crippen LogP contribution >= 0.6 is 11.8 Å². The van der Waals surface area contributed by atoms with E-state index in [-0.39, 0.29) is 22.6 Å². The molecule has 0 spiro atoms. The van der Waals surface area contributed by atoms with Gasteiger partial charge in [-0.15, -0.1) is 0 Å². The van der Waals surface area contributed by atoms with Crippen molar-refractivity contribution in [3.8, 4) is 0 Å². The van der Waals surface area contributed by atoms with E-state index in [0.717, 1.165) is 5.56 Å². The van der Waals surface area contributed by atoms with Gasteiger partial charge in [0.25, 0.3) is 0 Å². The zero-order valence-corrected chi connectivity index (χ0v) is 12.1. The fraction of sp³-hybridized carbons (Fsp3) is 0.214. The minimum Gasteiger partial charge on any atom is -0.384 e. The Labute approximate surface area is 129 Å². The first kappa shape index (κ1) is 14.8. The van der Waals surface area contributed by atoms with Crippen LogP contribution in [0.15, 0.2) is 58.6 Å². The minimum absolute atomic E-state index is 0.120. The summed E-state index contributed by atoms with van der Waals surface area (Å²) in [6, 6.07) is 6.27. The van der Waals surface area contributed by atoms with E-state index in [9.17, 15) is 13.2 Å². The van der Waals surface area contributed by atoms with Crippen molar-refractivity contribution in [2.45, 2.75) is 16.9 Å². The first-order valence-electron chi connectivity index (χ1n) is 6.41.